The van der Waals surface area contributed by atoms with Crippen LogP contribution in [0.2, 0.25) is 0 Å². The lowest BCUT2D eigenvalue weighted by Gasteiger charge is -2.20. The minimum atomic E-state index is 1.03. The molecule has 0 amide bonds. The molecule has 0 N–H and O–H groups in total. The van der Waals surface area contributed by atoms with Gasteiger partial charge < -0.3 is 4.90 Å². The smallest absolute Gasteiger partial charge is 0.0821 e. The van der Waals surface area contributed by atoms with Gasteiger partial charge in [-0.3, -0.25) is 0 Å². The molecule has 0 aliphatic rings. The minimum absolute atomic E-state index is 1.03. The fraction of sp³-hybridized carbons (Fsp3) is 0.533. The van der Waals surface area contributed by atoms with Crippen LogP contribution in [-0.4, -0.2) is 12.0 Å². The van der Waals surface area contributed by atoms with Crippen LogP contribution in [0.25, 0.3) is 0 Å². The summed E-state index contributed by atoms with van der Waals surface area (Å²) in [5, 5.41) is 0. The number of unbranched alkanes of at least 4 members (excludes halogenated alkanes) is 4. The number of thiocarbonyl (C=S) groups is 1. The highest BCUT2D eigenvalue weighted by molar-refractivity contribution is 7.80. The molecule has 1 aromatic rings. The monoisotopic (exact) mass is 249 g/mol. The van der Waals surface area contributed by atoms with Crippen molar-refractivity contribution in [3.8, 4) is 0 Å². The van der Waals surface area contributed by atoms with E-state index in [9.17, 15) is 0 Å². The molecular weight excluding hydrogens is 226 g/mol. The molecule has 0 aromatic heterocycles. The fourth-order valence-corrected chi connectivity index (χ4v) is 2.09. The van der Waals surface area contributed by atoms with E-state index in [1.54, 1.807) is 0 Å². The SMILES string of the molecule is CCCCCCCC(=S)N(C)c1ccccc1. The van der Waals surface area contributed by atoms with Crippen molar-refractivity contribution in [3.63, 3.8) is 0 Å². The molecule has 0 saturated carbocycles. The Morgan fingerprint density at radius 3 is 2.35 bits per heavy atom. The van der Waals surface area contributed by atoms with Crippen molar-refractivity contribution in [1.82, 2.24) is 0 Å². The topological polar surface area (TPSA) is 3.24 Å². The summed E-state index contributed by atoms with van der Waals surface area (Å²) in [6.45, 7) is 2.24. The average Bonchev–Trinajstić information content (AvgIpc) is 2.38. The molecule has 0 saturated heterocycles. The molecule has 0 aliphatic carbocycles. The first kappa shape index (κ1) is 14.2. The molecule has 2 heteroatoms. The molecule has 0 bridgehead atoms. The number of hydrogen-bond donors (Lipinski definition) is 0. The average molecular weight is 249 g/mol. The van der Waals surface area contributed by atoms with E-state index >= 15 is 0 Å². The third-order valence-electron chi connectivity index (χ3n) is 3.01. The maximum absolute atomic E-state index is 5.46. The van der Waals surface area contributed by atoms with Gasteiger partial charge in [-0.1, -0.05) is 63.0 Å². The van der Waals surface area contributed by atoms with Crippen molar-refractivity contribution in [2.45, 2.75) is 45.4 Å². The summed E-state index contributed by atoms with van der Waals surface area (Å²) >= 11 is 5.46. The van der Waals surface area contributed by atoms with Crippen LogP contribution >= 0.6 is 12.2 Å². The standard InChI is InChI=1S/C15H23NS/c1-3-4-5-6-10-13-15(17)16(2)14-11-8-7-9-12-14/h7-9,11-12H,3-6,10,13H2,1-2H3. The maximum atomic E-state index is 5.46. The molecule has 1 nitrogen and oxygen atoms in total. The molecule has 0 aliphatic heterocycles. The highest BCUT2D eigenvalue weighted by Crippen LogP contribution is 2.15. The van der Waals surface area contributed by atoms with Crippen LogP contribution in [0.3, 0.4) is 0 Å². The fourth-order valence-electron chi connectivity index (χ4n) is 1.84. The number of anilines is 1. The van der Waals surface area contributed by atoms with E-state index in [1.807, 2.05) is 6.07 Å². The molecule has 0 spiro atoms. The van der Waals surface area contributed by atoms with Crippen LogP contribution in [0, 0.1) is 0 Å². The Morgan fingerprint density at radius 1 is 1.06 bits per heavy atom. The summed E-state index contributed by atoms with van der Waals surface area (Å²) in [7, 11) is 2.06. The summed E-state index contributed by atoms with van der Waals surface area (Å²) < 4.78 is 0. The van der Waals surface area contributed by atoms with Gasteiger partial charge in [-0.2, -0.15) is 0 Å². The van der Waals surface area contributed by atoms with Crippen LogP contribution in [-0.2, 0) is 0 Å². The number of hydrogen-bond acceptors (Lipinski definition) is 1. The number of para-hydroxylation sites is 1. The van der Waals surface area contributed by atoms with Gasteiger partial charge in [0.25, 0.3) is 0 Å². The van der Waals surface area contributed by atoms with Gasteiger partial charge in [-0.05, 0) is 25.0 Å². The van der Waals surface area contributed by atoms with E-state index in [2.05, 4.69) is 43.1 Å². The molecule has 0 radical (unpaired) electrons. The molecule has 1 aromatic carbocycles. The molecular formula is C15H23NS. The Morgan fingerprint density at radius 2 is 1.71 bits per heavy atom. The first-order valence-electron chi connectivity index (χ1n) is 6.57. The van der Waals surface area contributed by atoms with Gasteiger partial charge in [0, 0.05) is 12.7 Å². The zero-order valence-corrected chi connectivity index (χ0v) is 11.8. The third-order valence-corrected chi connectivity index (χ3v) is 3.49. The Bertz CT molecular complexity index is 321. The molecule has 17 heavy (non-hydrogen) atoms. The van der Waals surface area contributed by atoms with Crippen molar-refractivity contribution in [3.05, 3.63) is 30.3 Å². The summed E-state index contributed by atoms with van der Waals surface area (Å²) in [5.41, 5.74) is 1.19. The van der Waals surface area contributed by atoms with Gasteiger partial charge >= 0.3 is 0 Å². The predicted molar refractivity (Wildman–Crippen MR) is 80.8 cm³/mol. The number of nitrogens with zero attached hydrogens (tertiary/aromatic N) is 1. The Balaban J connectivity index is 2.28. The van der Waals surface area contributed by atoms with Gasteiger partial charge in [0.05, 0.1) is 4.99 Å². The molecule has 1 rings (SSSR count). The maximum Gasteiger partial charge on any atom is 0.0821 e. The Kier molecular flexibility index (Phi) is 6.87. The zero-order chi connectivity index (χ0) is 12.5. The van der Waals surface area contributed by atoms with Crippen LogP contribution in [0.15, 0.2) is 30.3 Å². The van der Waals surface area contributed by atoms with Gasteiger partial charge in [0.15, 0.2) is 0 Å². The highest BCUT2D eigenvalue weighted by atomic mass is 32.1. The summed E-state index contributed by atoms with van der Waals surface area (Å²) in [4.78, 5) is 3.17. The Hall–Kier alpha value is -0.890. The molecule has 0 fully saturated rings. The lowest BCUT2D eigenvalue weighted by atomic mass is 10.1. The summed E-state index contributed by atoms with van der Waals surface area (Å²) in [6.07, 6.45) is 7.54. The van der Waals surface area contributed by atoms with E-state index < -0.39 is 0 Å². The van der Waals surface area contributed by atoms with Crippen molar-refractivity contribution in [2.24, 2.45) is 0 Å². The first-order valence-corrected chi connectivity index (χ1v) is 6.98. The van der Waals surface area contributed by atoms with E-state index in [-0.39, 0.29) is 0 Å². The van der Waals surface area contributed by atoms with Crippen LogP contribution in [0.5, 0.6) is 0 Å². The minimum Gasteiger partial charge on any atom is -0.339 e. The van der Waals surface area contributed by atoms with Crippen LogP contribution < -0.4 is 4.90 Å². The summed E-state index contributed by atoms with van der Waals surface area (Å²) in [6, 6.07) is 10.3. The second kappa shape index (κ2) is 8.24. The lowest BCUT2D eigenvalue weighted by Crippen LogP contribution is -2.23. The van der Waals surface area contributed by atoms with E-state index in [1.165, 1.54) is 37.8 Å². The van der Waals surface area contributed by atoms with Crippen LogP contribution in [0.4, 0.5) is 5.69 Å². The van der Waals surface area contributed by atoms with Crippen LogP contribution in [0.1, 0.15) is 45.4 Å². The summed E-state index contributed by atoms with van der Waals surface area (Å²) in [5.74, 6) is 0. The normalized spacial score (nSPS) is 10.2. The molecule has 0 atom stereocenters. The quantitative estimate of drug-likeness (QED) is 0.504. The highest BCUT2D eigenvalue weighted by Gasteiger charge is 2.05. The Labute approximate surface area is 111 Å². The van der Waals surface area contributed by atoms with Crippen molar-refractivity contribution in [1.29, 1.82) is 0 Å². The van der Waals surface area contributed by atoms with Crippen molar-refractivity contribution < 1.29 is 0 Å². The molecule has 0 heterocycles. The van der Waals surface area contributed by atoms with Crippen molar-refractivity contribution in [2.75, 3.05) is 11.9 Å². The van der Waals surface area contributed by atoms with Gasteiger partial charge in [-0.15, -0.1) is 0 Å². The van der Waals surface area contributed by atoms with Gasteiger partial charge in [0.2, 0.25) is 0 Å². The number of benzene rings is 1. The second-order valence-electron chi connectivity index (χ2n) is 4.45. The zero-order valence-electron chi connectivity index (χ0n) is 11.0. The largest absolute Gasteiger partial charge is 0.339 e. The lowest BCUT2D eigenvalue weighted by molar-refractivity contribution is 0.643. The third kappa shape index (κ3) is 5.31. The van der Waals surface area contributed by atoms with E-state index in [4.69, 9.17) is 12.2 Å². The second-order valence-corrected chi connectivity index (χ2v) is 4.92. The first-order chi connectivity index (χ1) is 8.25. The predicted octanol–water partition coefficient (Wildman–Crippen LogP) is 4.81. The van der Waals surface area contributed by atoms with E-state index in [0.717, 1.165) is 11.4 Å². The van der Waals surface area contributed by atoms with Gasteiger partial charge in [0.1, 0.15) is 0 Å². The molecule has 0 unspecified atom stereocenters. The van der Waals surface area contributed by atoms with Gasteiger partial charge in [-0.25, -0.2) is 0 Å². The number of rotatable bonds is 7. The molecule has 94 valence electrons. The van der Waals surface area contributed by atoms with E-state index in [0.29, 0.717) is 0 Å². The van der Waals surface area contributed by atoms with Crippen molar-refractivity contribution >= 4 is 22.9 Å².